The number of hydrogen-bond donors (Lipinski definition) is 0. The van der Waals surface area contributed by atoms with Crippen LogP contribution in [0, 0.1) is 11.3 Å². The van der Waals surface area contributed by atoms with Crippen LogP contribution in [-0.4, -0.2) is 36.1 Å². The highest BCUT2D eigenvalue weighted by molar-refractivity contribution is 5.94. The highest BCUT2D eigenvalue weighted by atomic mass is 19.4. The number of pyridine rings is 1. The molecule has 0 fully saturated rings. The van der Waals surface area contributed by atoms with Crippen molar-refractivity contribution in [3.8, 4) is 17.7 Å². The molecule has 0 unspecified atom stereocenters. The second kappa shape index (κ2) is 10.6. The van der Waals surface area contributed by atoms with Crippen LogP contribution in [0.2, 0.25) is 0 Å². The molecule has 0 aliphatic carbocycles. The Balaban J connectivity index is 1.69. The highest BCUT2D eigenvalue weighted by Crippen LogP contribution is 2.30. The number of rotatable bonds is 8. The third-order valence-electron chi connectivity index (χ3n) is 4.70. The first-order valence-corrected chi connectivity index (χ1v) is 9.88. The van der Waals surface area contributed by atoms with Crippen LogP contribution in [0.15, 0.2) is 66.9 Å². The van der Waals surface area contributed by atoms with Crippen molar-refractivity contribution in [2.75, 3.05) is 20.3 Å². The van der Waals surface area contributed by atoms with Gasteiger partial charge in [0.05, 0.1) is 23.8 Å². The number of alkyl halides is 3. The first-order chi connectivity index (χ1) is 15.8. The fraction of sp³-hybridized carbons (Fsp3) is 0.208. The van der Waals surface area contributed by atoms with Gasteiger partial charge in [0.25, 0.3) is 5.91 Å². The Morgan fingerprint density at radius 2 is 1.76 bits per heavy atom. The lowest BCUT2D eigenvalue weighted by Gasteiger charge is -2.23. The molecule has 0 atom stereocenters. The normalized spacial score (nSPS) is 11.0. The number of amides is 1. The molecule has 0 radical (unpaired) electrons. The summed E-state index contributed by atoms with van der Waals surface area (Å²) in [7, 11) is 1.55. The third-order valence-corrected chi connectivity index (χ3v) is 4.70. The number of benzene rings is 2. The second-order valence-corrected chi connectivity index (χ2v) is 7.04. The van der Waals surface area contributed by atoms with Crippen molar-refractivity contribution in [3.63, 3.8) is 0 Å². The van der Waals surface area contributed by atoms with Gasteiger partial charge >= 0.3 is 6.18 Å². The van der Waals surface area contributed by atoms with E-state index >= 15 is 0 Å². The number of ether oxygens (including phenoxy) is 2. The predicted octanol–water partition coefficient (Wildman–Crippen LogP) is 5.05. The quantitative estimate of drug-likeness (QED) is 0.475. The Kier molecular flexibility index (Phi) is 7.64. The van der Waals surface area contributed by atoms with Crippen LogP contribution in [0.3, 0.4) is 0 Å². The van der Waals surface area contributed by atoms with E-state index in [-0.39, 0.29) is 11.8 Å². The van der Waals surface area contributed by atoms with E-state index in [1.807, 2.05) is 0 Å². The first kappa shape index (κ1) is 23.8. The van der Waals surface area contributed by atoms with Gasteiger partial charge in [-0.25, -0.2) is 4.98 Å². The van der Waals surface area contributed by atoms with E-state index in [1.165, 1.54) is 0 Å². The van der Waals surface area contributed by atoms with Crippen LogP contribution in [0.25, 0.3) is 0 Å². The maximum Gasteiger partial charge on any atom is 0.417 e. The van der Waals surface area contributed by atoms with Crippen molar-refractivity contribution in [3.05, 3.63) is 89.1 Å². The van der Waals surface area contributed by atoms with Gasteiger partial charge in [-0.3, -0.25) is 4.79 Å². The number of nitriles is 1. The molecule has 3 aromatic rings. The van der Waals surface area contributed by atoms with Crippen molar-refractivity contribution in [2.24, 2.45) is 0 Å². The first-order valence-electron chi connectivity index (χ1n) is 9.88. The van der Waals surface area contributed by atoms with Gasteiger partial charge in [0.2, 0.25) is 5.88 Å². The van der Waals surface area contributed by atoms with Crippen molar-refractivity contribution >= 4 is 5.91 Å². The summed E-state index contributed by atoms with van der Waals surface area (Å²) < 4.78 is 48.5. The molecule has 3 rings (SSSR count). The zero-order valence-electron chi connectivity index (χ0n) is 17.7. The molecular weight excluding hydrogens is 435 g/mol. The summed E-state index contributed by atoms with van der Waals surface area (Å²) >= 11 is 0. The molecule has 0 bridgehead atoms. The average molecular weight is 455 g/mol. The fourth-order valence-corrected chi connectivity index (χ4v) is 2.94. The van der Waals surface area contributed by atoms with Crippen molar-refractivity contribution < 1.29 is 27.4 Å². The fourth-order valence-electron chi connectivity index (χ4n) is 2.94. The summed E-state index contributed by atoms with van der Waals surface area (Å²) in [6, 6.07) is 17.3. The third kappa shape index (κ3) is 6.54. The lowest BCUT2D eigenvalue weighted by Crippen LogP contribution is -2.33. The number of methoxy groups -OCH3 is 1. The van der Waals surface area contributed by atoms with Crippen LogP contribution in [0.5, 0.6) is 11.6 Å². The number of hydrogen-bond acceptors (Lipinski definition) is 5. The SMILES string of the molecule is COCCN(Cc1ccc(C#N)cc1)C(=O)c1ccc(Oc2ccc(C(F)(F)F)cn2)cc1. The van der Waals surface area contributed by atoms with Gasteiger partial charge in [-0.05, 0) is 48.0 Å². The minimum absolute atomic E-state index is 0.00427. The lowest BCUT2D eigenvalue weighted by molar-refractivity contribution is -0.137. The zero-order chi connectivity index (χ0) is 23.8. The van der Waals surface area contributed by atoms with Gasteiger partial charge in [0.1, 0.15) is 5.75 Å². The standard InChI is InChI=1S/C24H20F3N3O3/c1-32-13-12-30(16-18-4-2-17(14-28)3-5-18)23(31)19-6-9-21(10-7-19)33-22-11-8-20(15-29-22)24(25,26)27/h2-11,15H,12-13,16H2,1H3. The van der Waals surface area contributed by atoms with Gasteiger partial charge in [0, 0.05) is 38.0 Å². The van der Waals surface area contributed by atoms with Gasteiger partial charge in [0.15, 0.2) is 0 Å². The molecule has 2 aromatic carbocycles. The van der Waals surface area contributed by atoms with Crippen LogP contribution in [-0.2, 0) is 17.5 Å². The lowest BCUT2D eigenvalue weighted by atomic mass is 10.1. The van der Waals surface area contributed by atoms with E-state index in [2.05, 4.69) is 11.1 Å². The molecule has 33 heavy (non-hydrogen) atoms. The summed E-state index contributed by atoms with van der Waals surface area (Å²) in [6.07, 6.45) is -3.77. The van der Waals surface area contributed by atoms with E-state index in [0.717, 1.165) is 17.7 Å². The maximum absolute atomic E-state index is 13.0. The van der Waals surface area contributed by atoms with Crippen LogP contribution >= 0.6 is 0 Å². The zero-order valence-corrected chi connectivity index (χ0v) is 17.7. The Hall–Kier alpha value is -3.90. The Morgan fingerprint density at radius 1 is 1.06 bits per heavy atom. The summed E-state index contributed by atoms with van der Waals surface area (Å²) in [6.45, 7) is 1.05. The van der Waals surface area contributed by atoms with E-state index in [1.54, 1.807) is 60.5 Å². The number of nitrogens with zero attached hydrogens (tertiary/aromatic N) is 3. The largest absolute Gasteiger partial charge is 0.439 e. The summed E-state index contributed by atoms with van der Waals surface area (Å²) in [4.78, 5) is 18.3. The molecule has 170 valence electrons. The number of carbonyl (C=O) groups is 1. The van der Waals surface area contributed by atoms with Gasteiger partial charge in [-0.1, -0.05) is 12.1 Å². The number of aromatic nitrogens is 1. The molecule has 1 amide bonds. The minimum atomic E-state index is -4.47. The minimum Gasteiger partial charge on any atom is -0.439 e. The Labute approximate surface area is 188 Å². The van der Waals surface area contributed by atoms with E-state index in [0.29, 0.717) is 42.8 Å². The summed E-state index contributed by atoms with van der Waals surface area (Å²) in [5.41, 5.74) is 0.945. The average Bonchev–Trinajstić information content (AvgIpc) is 2.82. The van der Waals surface area contributed by atoms with E-state index in [4.69, 9.17) is 14.7 Å². The molecule has 6 nitrogen and oxygen atoms in total. The molecule has 0 spiro atoms. The van der Waals surface area contributed by atoms with Crippen molar-refractivity contribution in [1.29, 1.82) is 5.26 Å². The van der Waals surface area contributed by atoms with Gasteiger partial charge in [-0.2, -0.15) is 18.4 Å². The smallest absolute Gasteiger partial charge is 0.417 e. The summed E-state index contributed by atoms with van der Waals surface area (Å²) in [5, 5.41) is 8.93. The van der Waals surface area contributed by atoms with Crippen LogP contribution < -0.4 is 4.74 Å². The molecule has 1 heterocycles. The Bertz CT molecular complexity index is 1110. The van der Waals surface area contributed by atoms with Crippen molar-refractivity contribution in [2.45, 2.75) is 12.7 Å². The van der Waals surface area contributed by atoms with Crippen molar-refractivity contribution in [1.82, 2.24) is 9.88 Å². The van der Waals surface area contributed by atoms with Gasteiger partial charge < -0.3 is 14.4 Å². The molecule has 0 aliphatic heterocycles. The monoisotopic (exact) mass is 455 g/mol. The van der Waals surface area contributed by atoms with E-state index < -0.39 is 11.7 Å². The molecule has 0 saturated heterocycles. The molecule has 1 aromatic heterocycles. The van der Waals surface area contributed by atoms with E-state index in [9.17, 15) is 18.0 Å². The predicted molar refractivity (Wildman–Crippen MR) is 114 cm³/mol. The Morgan fingerprint density at radius 3 is 2.30 bits per heavy atom. The molecule has 0 aliphatic rings. The molecule has 0 saturated carbocycles. The number of carbonyl (C=O) groups excluding carboxylic acids is 1. The maximum atomic E-state index is 13.0. The molecule has 0 N–H and O–H groups in total. The molecular formula is C24H20F3N3O3. The highest BCUT2D eigenvalue weighted by Gasteiger charge is 2.30. The molecule has 9 heteroatoms. The summed E-state index contributed by atoms with van der Waals surface area (Å²) in [5.74, 6) is 0.106. The van der Waals surface area contributed by atoms with Gasteiger partial charge in [-0.15, -0.1) is 0 Å². The number of halogens is 3. The van der Waals surface area contributed by atoms with Crippen LogP contribution in [0.1, 0.15) is 27.0 Å². The second-order valence-electron chi connectivity index (χ2n) is 7.04. The van der Waals surface area contributed by atoms with Crippen LogP contribution in [0.4, 0.5) is 13.2 Å². The topological polar surface area (TPSA) is 75.5 Å².